The normalized spacial score (nSPS) is 32.4. The van der Waals surface area contributed by atoms with Crippen LogP contribution in [0.1, 0.15) is 51.1 Å². The Bertz CT molecular complexity index is 758. The van der Waals surface area contributed by atoms with Crippen molar-refractivity contribution >= 4 is 16.1 Å². The summed E-state index contributed by atoms with van der Waals surface area (Å²) < 4.78 is 42.0. The van der Waals surface area contributed by atoms with Gasteiger partial charge in [0.2, 0.25) is 5.91 Å². The molecule has 2 heterocycles. The van der Waals surface area contributed by atoms with Crippen LogP contribution in [0.15, 0.2) is 24.3 Å². The summed E-state index contributed by atoms with van der Waals surface area (Å²) in [6.07, 6.45) is 3.25. The number of halogens is 1. The van der Waals surface area contributed by atoms with Gasteiger partial charge in [-0.3, -0.25) is 4.79 Å². The molecule has 0 bridgehead atoms. The number of carbonyl (C=O) groups is 1. The predicted octanol–water partition coefficient (Wildman–Crippen LogP) is 2.19. The number of hydrogen-bond donors (Lipinski definition) is 1. The van der Waals surface area contributed by atoms with Gasteiger partial charge in [0.25, 0.3) is 10.2 Å². The minimum absolute atomic E-state index is 0.0986. The maximum Gasteiger partial charge on any atom is 0.280 e. The van der Waals surface area contributed by atoms with Gasteiger partial charge in [0.1, 0.15) is 11.9 Å². The van der Waals surface area contributed by atoms with Crippen LogP contribution in [0.25, 0.3) is 0 Å². The summed E-state index contributed by atoms with van der Waals surface area (Å²) in [6, 6.07) is 4.59. The van der Waals surface area contributed by atoms with Crippen molar-refractivity contribution < 1.29 is 17.6 Å². The van der Waals surface area contributed by atoms with Crippen LogP contribution in [0.3, 0.4) is 0 Å². The van der Waals surface area contributed by atoms with Crippen LogP contribution in [-0.2, 0) is 15.0 Å². The van der Waals surface area contributed by atoms with E-state index in [-0.39, 0.29) is 23.8 Å². The van der Waals surface area contributed by atoms with Gasteiger partial charge in [0.15, 0.2) is 0 Å². The van der Waals surface area contributed by atoms with Crippen molar-refractivity contribution in [1.82, 2.24) is 13.9 Å². The largest absolute Gasteiger partial charge is 0.336 e. The van der Waals surface area contributed by atoms with E-state index in [1.807, 2.05) is 18.7 Å². The van der Waals surface area contributed by atoms with Crippen LogP contribution in [-0.4, -0.2) is 48.7 Å². The Kier molecular flexibility index (Phi) is 5.37. The fourth-order valence-electron chi connectivity index (χ4n) is 4.03. The highest BCUT2D eigenvalue weighted by Gasteiger charge is 2.44. The summed E-state index contributed by atoms with van der Waals surface area (Å²) in [5.41, 5.74) is 0.653. The van der Waals surface area contributed by atoms with Crippen molar-refractivity contribution in [3.05, 3.63) is 35.6 Å². The molecule has 0 spiro atoms. The van der Waals surface area contributed by atoms with Crippen LogP contribution in [0.2, 0.25) is 0 Å². The first kappa shape index (κ1) is 19.3. The van der Waals surface area contributed by atoms with Crippen molar-refractivity contribution in [2.75, 3.05) is 7.05 Å². The highest BCUT2D eigenvalue weighted by molar-refractivity contribution is 7.87. The summed E-state index contributed by atoms with van der Waals surface area (Å²) in [4.78, 5) is 15.1. The van der Waals surface area contributed by atoms with Crippen LogP contribution in [0, 0.1) is 5.82 Å². The molecule has 4 atom stereocenters. The molecule has 8 heteroatoms. The lowest BCUT2D eigenvalue weighted by Crippen LogP contribution is -2.60. The molecule has 2 saturated heterocycles. The third-order valence-corrected chi connectivity index (χ3v) is 7.17. The molecule has 0 aliphatic carbocycles. The number of likely N-dealkylation sites (tertiary alicyclic amines) is 1. The smallest absolute Gasteiger partial charge is 0.280 e. The van der Waals surface area contributed by atoms with E-state index in [4.69, 9.17) is 0 Å². The fraction of sp³-hybridized carbons (Fsp3) is 0.611. The zero-order valence-corrected chi connectivity index (χ0v) is 16.2. The summed E-state index contributed by atoms with van der Waals surface area (Å²) in [5, 5.41) is 0. The second-order valence-electron chi connectivity index (χ2n) is 7.37. The first-order chi connectivity index (χ1) is 12.2. The number of piperidine rings is 1. The van der Waals surface area contributed by atoms with Gasteiger partial charge in [-0.1, -0.05) is 12.1 Å². The van der Waals surface area contributed by atoms with E-state index in [1.165, 1.54) is 19.2 Å². The van der Waals surface area contributed by atoms with Gasteiger partial charge in [-0.05, 0) is 57.2 Å². The molecule has 3 rings (SSSR count). The standard InChI is InChI=1S/C18H26FN3O3S/c1-12-5-4-6-13(2)22(12)18(23)17-11-16(20-26(24,25)21(17)3)14-7-9-15(19)10-8-14/h7-10,12-13,16-17,20H,4-6,11H2,1-3H3/t12-,13-,16-,17+/m0/s1. The van der Waals surface area contributed by atoms with Crippen molar-refractivity contribution in [3.8, 4) is 0 Å². The topological polar surface area (TPSA) is 69.7 Å². The van der Waals surface area contributed by atoms with Crippen LogP contribution < -0.4 is 4.72 Å². The summed E-state index contributed by atoms with van der Waals surface area (Å²) in [6.45, 7) is 4.03. The molecule has 144 valence electrons. The van der Waals surface area contributed by atoms with E-state index in [9.17, 15) is 17.6 Å². The maximum atomic E-state index is 13.2. The molecule has 2 aliphatic rings. The van der Waals surface area contributed by atoms with Gasteiger partial charge in [-0.15, -0.1) is 0 Å². The highest BCUT2D eigenvalue weighted by Crippen LogP contribution is 2.31. The predicted molar refractivity (Wildman–Crippen MR) is 97.0 cm³/mol. The van der Waals surface area contributed by atoms with Gasteiger partial charge in [0.05, 0.1) is 0 Å². The molecular weight excluding hydrogens is 357 g/mol. The Labute approximate surface area is 154 Å². The lowest BCUT2D eigenvalue weighted by Gasteiger charge is -2.44. The molecule has 0 unspecified atom stereocenters. The maximum absolute atomic E-state index is 13.2. The van der Waals surface area contributed by atoms with E-state index >= 15 is 0 Å². The third kappa shape index (κ3) is 3.63. The zero-order valence-electron chi connectivity index (χ0n) is 15.4. The molecule has 1 aromatic carbocycles. The number of rotatable bonds is 2. The van der Waals surface area contributed by atoms with Crippen molar-refractivity contribution in [1.29, 1.82) is 0 Å². The second-order valence-corrected chi connectivity index (χ2v) is 9.13. The minimum Gasteiger partial charge on any atom is -0.336 e. The second kappa shape index (κ2) is 7.25. The van der Waals surface area contributed by atoms with E-state index in [2.05, 4.69) is 4.72 Å². The number of nitrogens with zero attached hydrogens (tertiary/aromatic N) is 2. The molecule has 0 saturated carbocycles. The minimum atomic E-state index is -3.79. The fourth-order valence-corrected chi connectivity index (χ4v) is 5.30. The third-order valence-electron chi connectivity index (χ3n) is 5.57. The molecule has 1 amide bonds. The Hall–Kier alpha value is -1.51. The van der Waals surface area contributed by atoms with Crippen molar-refractivity contribution in [2.24, 2.45) is 0 Å². The first-order valence-electron chi connectivity index (χ1n) is 9.03. The quantitative estimate of drug-likeness (QED) is 0.851. The van der Waals surface area contributed by atoms with E-state index in [0.717, 1.165) is 23.6 Å². The molecule has 2 fully saturated rings. The Morgan fingerprint density at radius 2 is 1.73 bits per heavy atom. The van der Waals surface area contributed by atoms with E-state index < -0.39 is 22.3 Å². The molecule has 26 heavy (non-hydrogen) atoms. The van der Waals surface area contributed by atoms with Crippen molar-refractivity contribution in [2.45, 2.75) is 63.7 Å². The number of amides is 1. The molecule has 1 aromatic rings. The first-order valence-corrected chi connectivity index (χ1v) is 10.5. The lowest BCUT2D eigenvalue weighted by atomic mass is 9.94. The van der Waals surface area contributed by atoms with Gasteiger partial charge in [-0.2, -0.15) is 17.4 Å². The lowest BCUT2D eigenvalue weighted by molar-refractivity contribution is -0.142. The molecule has 0 radical (unpaired) electrons. The molecule has 2 aliphatic heterocycles. The number of nitrogens with one attached hydrogen (secondary N) is 1. The van der Waals surface area contributed by atoms with Crippen LogP contribution in [0.5, 0.6) is 0 Å². The van der Waals surface area contributed by atoms with Crippen LogP contribution in [0.4, 0.5) is 4.39 Å². The van der Waals surface area contributed by atoms with Gasteiger partial charge >= 0.3 is 0 Å². The van der Waals surface area contributed by atoms with Crippen molar-refractivity contribution in [3.63, 3.8) is 0 Å². The summed E-state index contributed by atoms with van der Waals surface area (Å²) in [5.74, 6) is -0.530. The average Bonchev–Trinajstić information content (AvgIpc) is 2.57. The summed E-state index contributed by atoms with van der Waals surface area (Å²) >= 11 is 0. The van der Waals surface area contributed by atoms with Gasteiger partial charge < -0.3 is 4.90 Å². The molecule has 0 aromatic heterocycles. The highest BCUT2D eigenvalue weighted by atomic mass is 32.2. The molecular formula is C18H26FN3O3S. The summed E-state index contributed by atoms with van der Waals surface area (Å²) in [7, 11) is -2.36. The Morgan fingerprint density at radius 3 is 2.31 bits per heavy atom. The number of benzene rings is 1. The SMILES string of the molecule is C[C@H]1CCC[C@H](C)N1C(=O)[C@H]1C[C@@H](c2ccc(F)cc2)NS(=O)(=O)N1C. The monoisotopic (exact) mass is 383 g/mol. The van der Waals surface area contributed by atoms with Gasteiger partial charge in [-0.25, -0.2) is 4.39 Å². The number of likely N-dealkylation sites (N-methyl/N-ethyl adjacent to an activating group) is 1. The number of carbonyl (C=O) groups excluding carboxylic acids is 1. The Morgan fingerprint density at radius 1 is 1.15 bits per heavy atom. The number of hydrogen-bond acceptors (Lipinski definition) is 3. The van der Waals surface area contributed by atoms with E-state index in [1.54, 1.807) is 12.1 Å². The van der Waals surface area contributed by atoms with E-state index in [0.29, 0.717) is 12.0 Å². The Balaban J connectivity index is 1.89. The molecule has 6 nitrogen and oxygen atoms in total. The van der Waals surface area contributed by atoms with Crippen LogP contribution >= 0.6 is 0 Å². The zero-order chi connectivity index (χ0) is 19.1. The van der Waals surface area contributed by atoms with Gasteiger partial charge in [0, 0.05) is 25.2 Å². The average molecular weight is 383 g/mol. The molecule has 1 N–H and O–H groups in total.